The number of hydrogen-bond donors (Lipinski definition) is 1. The maximum absolute atomic E-state index is 14.0. The lowest BCUT2D eigenvalue weighted by atomic mass is 9.75. The number of carbonyl (C=O) groups excluding carboxylic acids is 1. The fourth-order valence-corrected chi connectivity index (χ4v) is 8.25. The summed E-state index contributed by atoms with van der Waals surface area (Å²) >= 11 is 0. The molecule has 2 aromatic carbocycles. The Bertz CT molecular complexity index is 1450. The number of fused-ring (bicyclic) bond motifs is 1. The number of nitrogens with zero attached hydrogens (tertiary/aromatic N) is 3. The Hall–Kier alpha value is -2.99. The first-order valence-electron chi connectivity index (χ1n) is 13.6. The van der Waals surface area contributed by atoms with Crippen LogP contribution in [0.15, 0.2) is 58.4 Å². The second kappa shape index (κ2) is 10.1. The third kappa shape index (κ3) is 5.13. The summed E-state index contributed by atoms with van der Waals surface area (Å²) in [6.45, 7) is 5.78. The zero-order chi connectivity index (χ0) is 30.0. The van der Waals surface area contributed by atoms with Crippen molar-refractivity contribution in [2.24, 2.45) is 16.8 Å². The molecule has 2 bridgehead atoms. The average molecular weight is 595 g/mol. The van der Waals surface area contributed by atoms with E-state index in [4.69, 9.17) is 4.99 Å². The third-order valence-electron chi connectivity index (χ3n) is 8.86. The highest BCUT2D eigenvalue weighted by Gasteiger charge is 2.64. The molecule has 3 saturated carbocycles. The molecule has 2 aromatic rings. The smallest absolute Gasteiger partial charge is 0.352 e. The molecule has 1 aliphatic heterocycles. The fourth-order valence-electron chi connectivity index (χ4n) is 6.47. The summed E-state index contributed by atoms with van der Waals surface area (Å²) in [5, 5.41) is 2.96. The van der Waals surface area contributed by atoms with Gasteiger partial charge < -0.3 is 10.2 Å². The molecular weight excluding hydrogens is 560 g/mol. The van der Waals surface area contributed by atoms with Crippen LogP contribution in [-0.2, 0) is 27.5 Å². The van der Waals surface area contributed by atoms with E-state index in [-0.39, 0.29) is 41.8 Å². The van der Waals surface area contributed by atoms with Gasteiger partial charge in [-0.05, 0) is 87.9 Å². The SMILES string of the molecule is CC(C)NC(=O)[C@@]1(C)CN=C([C@H]2CC3(N(Cc4ccc(C(F)(F)F)cc4)S(=O)(=O)c4ccc(F)cc4)CC2C3)N1C. The van der Waals surface area contributed by atoms with Crippen molar-refractivity contribution in [3.63, 3.8) is 0 Å². The van der Waals surface area contributed by atoms with Crippen molar-refractivity contribution in [1.82, 2.24) is 14.5 Å². The summed E-state index contributed by atoms with van der Waals surface area (Å²) in [5.41, 5.74) is -2.05. The van der Waals surface area contributed by atoms with Gasteiger partial charge in [-0.2, -0.15) is 17.5 Å². The molecular formula is C29H34F4N4O3S. The number of sulfonamides is 1. The first-order valence-corrected chi connectivity index (χ1v) is 15.0. The van der Waals surface area contributed by atoms with E-state index in [1.807, 2.05) is 32.7 Å². The standard InChI is InChI=1S/C29H34F4N4O3S/c1-18(2)35-26(38)27(3)17-34-25(36(27)4)24-15-28(13-20(24)14-28)37(41(39,40)23-11-9-22(30)10-12-23)16-19-5-7-21(8-6-19)29(31,32)33/h5-12,18,20,24H,13-17H2,1-4H3,(H,35,38)/t20?,24-,27+,28?/m0/s1. The zero-order valence-corrected chi connectivity index (χ0v) is 24.2. The van der Waals surface area contributed by atoms with Gasteiger partial charge in [-0.15, -0.1) is 0 Å². The summed E-state index contributed by atoms with van der Waals surface area (Å²) in [6.07, 6.45) is -2.93. The zero-order valence-electron chi connectivity index (χ0n) is 23.4. The van der Waals surface area contributed by atoms with Gasteiger partial charge in [0.05, 0.1) is 17.0 Å². The van der Waals surface area contributed by atoms with Crippen LogP contribution in [-0.4, -0.2) is 60.1 Å². The van der Waals surface area contributed by atoms with Crippen molar-refractivity contribution in [2.45, 2.75) is 74.8 Å². The molecule has 0 radical (unpaired) electrons. The number of nitrogens with one attached hydrogen (secondary N) is 1. The lowest BCUT2D eigenvalue weighted by Gasteiger charge is -2.46. The lowest BCUT2D eigenvalue weighted by Crippen LogP contribution is -2.57. The summed E-state index contributed by atoms with van der Waals surface area (Å²) in [5.74, 6) is 0.131. The van der Waals surface area contributed by atoms with Crippen LogP contribution in [0.4, 0.5) is 17.6 Å². The molecule has 1 N–H and O–H groups in total. The molecule has 0 aromatic heterocycles. The summed E-state index contributed by atoms with van der Waals surface area (Å²) < 4.78 is 82.5. The molecule has 7 nitrogen and oxygen atoms in total. The van der Waals surface area contributed by atoms with Crippen molar-refractivity contribution in [1.29, 1.82) is 0 Å². The van der Waals surface area contributed by atoms with Gasteiger partial charge in [0.15, 0.2) is 0 Å². The molecule has 3 aliphatic carbocycles. The maximum atomic E-state index is 14.0. The van der Waals surface area contributed by atoms with Crippen LogP contribution in [0.1, 0.15) is 51.2 Å². The van der Waals surface area contributed by atoms with Crippen molar-refractivity contribution < 1.29 is 30.8 Å². The highest BCUT2D eigenvalue weighted by molar-refractivity contribution is 7.89. The van der Waals surface area contributed by atoms with Crippen LogP contribution in [0.25, 0.3) is 0 Å². The van der Waals surface area contributed by atoms with Gasteiger partial charge in [-0.1, -0.05) is 12.1 Å². The largest absolute Gasteiger partial charge is 0.416 e. The topological polar surface area (TPSA) is 82.1 Å². The van der Waals surface area contributed by atoms with Gasteiger partial charge in [0.2, 0.25) is 15.9 Å². The Kier molecular flexibility index (Phi) is 7.25. The number of halogens is 4. The number of alkyl halides is 3. The highest BCUT2D eigenvalue weighted by Crippen LogP contribution is 2.61. The van der Waals surface area contributed by atoms with Crippen LogP contribution in [0.3, 0.4) is 0 Å². The van der Waals surface area contributed by atoms with Gasteiger partial charge in [-0.25, -0.2) is 12.8 Å². The minimum atomic E-state index is -4.51. The molecule has 0 saturated heterocycles. The van der Waals surface area contributed by atoms with Gasteiger partial charge in [0, 0.05) is 31.1 Å². The molecule has 1 amide bonds. The fraction of sp³-hybridized carbons (Fsp3) is 0.517. The second-order valence-corrected chi connectivity index (χ2v) is 13.9. The third-order valence-corrected chi connectivity index (χ3v) is 10.8. The minimum Gasteiger partial charge on any atom is -0.352 e. The van der Waals surface area contributed by atoms with Gasteiger partial charge in [-0.3, -0.25) is 9.79 Å². The number of amidine groups is 1. The molecule has 6 rings (SSSR count). The van der Waals surface area contributed by atoms with E-state index >= 15 is 0 Å². The number of carbonyl (C=O) groups is 1. The molecule has 2 atom stereocenters. The van der Waals surface area contributed by atoms with E-state index in [2.05, 4.69) is 5.32 Å². The number of amides is 1. The van der Waals surface area contributed by atoms with Crippen LogP contribution in [0, 0.1) is 17.7 Å². The van der Waals surface area contributed by atoms with Crippen molar-refractivity contribution in [3.05, 3.63) is 65.5 Å². The van der Waals surface area contributed by atoms with Gasteiger partial charge in [0.1, 0.15) is 17.2 Å². The van der Waals surface area contributed by atoms with E-state index in [1.54, 1.807) is 0 Å². The van der Waals surface area contributed by atoms with Crippen molar-refractivity contribution in [2.75, 3.05) is 13.6 Å². The number of rotatable bonds is 8. The molecule has 41 heavy (non-hydrogen) atoms. The van der Waals surface area contributed by atoms with Crippen LogP contribution in [0.2, 0.25) is 0 Å². The quantitative estimate of drug-likeness (QED) is 0.444. The normalized spacial score (nSPS) is 27.8. The summed E-state index contributed by atoms with van der Waals surface area (Å²) in [7, 11) is -2.31. The van der Waals surface area contributed by atoms with Crippen molar-refractivity contribution in [3.8, 4) is 0 Å². The van der Waals surface area contributed by atoms with E-state index in [9.17, 15) is 30.8 Å². The van der Waals surface area contributed by atoms with E-state index in [0.29, 0.717) is 24.8 Å². The van der Waals surface area contributed by atoms with Crippen molar-refractivity contribution >= 4 is 21.8 Å². The Morgan fingerprint density at radius 2 is 1.71 bits per heavy atom. The predicted octanol–water partition coefficient (Wildman–Crippen LogP) is 4.83. The Morgan fingerprint density at radius 1 is 1.10 bits per heavy atom. The summed E-state index contributed by atoms with van der Waals surface area (Å²) in [6, 6.07) is 9.01. The average Bonchev–Trinajstić information content (AvgIpc) is 3.52. The van der Waals surface area contributed by atoms with E-state index < -0.39 is 38.7 Å². The monoisotopic (exact) mass is 594 g/mol. The Labute approximate surface area is 237 Å². The van der Waals surface area contributed by atoms with Crippen LogP contribution < -0.4 is 5.32 Å². The Morgan fingerprint density at radius 3 is 2.27 bits per heavy atom. The first kappa shape index (κ1) is 29.5. The number of hydrogen-bond acceptors (Lipinski definition) is 5. The molecule has 12 heteroatoms. The Balaban J connectivity index is 1.44. The number of aliphatic imine (C=N–C) groups is 1. The second-order valence-electron chi connectivity index (χ2n) is 12.0. The van der Waals surface area contributed by atoms with E-state index in [0.717, 1.165) is 30.1 Å². The van der Waals surface area contributed by atoms with Crippen LogP contribution >= 0.6 is 0 Å². The molecule has 1 heterocycles. The van der Waals surface area contributed by atoms with Crippen LogP contribution in [0.5, 0.6) is 0 Å². The molecule has 4 aliphatic rings. The molecule has 0 unspecified atom stereocenters. The predicted molar refractivity (Wildman–Crippen MR) is 146 cm³/mol. The molecule has 222 valence electrons. The van der Waals surface area contributed by atoms with E-state index in [1.165, 1.54) is 28.6 Å². The van der Waals surface area contributed by atoms with Gasteiger partial charge >= 0.3 is 6.18 Å². The number of likely N-dealkylation sites (N-methyl/N-ethyl adjacent to an activating group) is 1. The molecule has 0 spiro atoms. The number of benzene rings is 2. The van der Waals surface area contributed by atoms with Gasteiger partial charge in [0.25, 0.3) is 0 Å². The molecule has 3 fully saturated rings. The maximum Gasteiger partial charge on any atom is 0.416 e. The lowest BCUT2D eigenvalue weighted by molar-refractivity contribution is -0.137. The highest BCUT2D eigenvalue weighted by atomic mass is 32.2. The first-order chi connectivity index (χ1) is 19.1. The minimum absolute atomic E-state index is 0.0326. The summed E-state index contributed by atoms with van der Waals surface area (Å²) in [4.78, 5) is 19.6.